The van der Waals surface area contributed by atoms with Gasteiger partial charge in [0.15, 0.2) is 16.4 Å². The SMILES string of the molecule is N#CCOC(=O)C1CCS(=O)(=O)C1. The molecule has 0 aromatic heterocycles. The van der Waals surface area contributed by atoms with E-state index < -0.39 is 21.7 Å². The van der Waals surface area contributed by atoms with Gasteiger partial charge in [0.25, 0.3) is 0 Å². The molecule has 0 aliphatic carbocycles. The van der Waals surface area contributed by atoms with E-state index in [-0.39, 0.29) is 18.1 Å². The van der Waals surface area contributed by atoms with Gasteiger partial charge in [-0.05, 0) is 6.42 Å². The molecule has 0 radical (unpaired) electrons. The fourth-order valence-electron chi connectivity index (χ4n) is 1.20. The number of carbonyl (C=O) groups excluding carboxylic acids is 1. The van der Waals surface area contributed by atoms with Crippen molar-refractivity contribution in [1.82, 2.24) is 0 Å². The van der Waals surface area contributed by atoms with Crippen molar-refractivity contribution in [2.75, 3.05) is 18.1 Å². The molecule has 13 heavy (non-hydrogen) atoms. The highest BCUT2D eigenvalue weighted by Crippen LogP contribution is 2.19. The van der Waals surface area contributed by atoms with Crippen LogP contribution < -0.4 is 0 Å². The molecule has 72 valence electrons. The first-order valence-corrected chi connectivity index (χ1v) is 5.61. The lowest BCUT2D eigenvalue weighted by molar-refractivity contribution is -0.146. The molecule has 1 aliphatic rings. The van der Waals surface area contributed by atoms with E-state index >= 15 is 0 Å². The van der Waals surface area contributed by atoms with Crippen molar-refractivity contribution in [2.45, 2.75) is 6.42 Å². The van der Waals surface area contributed by atoms with Crippen molar-refractivity contribution in [1.29, 1.82) is 5.26 Å². The number of hydrogen-bond acceptors (Lipinski definition) is 5. The molecule has 1 rings (SSSR count). The van der Waals surface area contributed by atoms with Gasteiger partial charge in [0.1, 0.15) is 6.07 Å². The molecular formula is C7H9NO4S. The molecule has 0 N–H and O–H groups in total. The normalized spacial score (nSPS) is 25.0. The molecule has 0 spiro atoms. The number of rotatable bonds is 2. The van der Waals surface area contributed by atoms with Crippen LogP contribution in [0.4, 0.5) is 0 Å². The second-order valence-corrected chi connectivity index (χ2v) is 5.09. The second kappa shape index (κ2) is 3.75. The van der Waals surface area contributed by atoms with E-state index in [4.69, 9.17) is 5.26 Å². The van der Waals surface area contributed by atoms with Crippen LogP contribution in [-0.4, -0.2) is 32.5 Å². The van der Waals surface area contributed by atoms with Crippen molar-refractivity contribution in [3.05, 3.63) is 0 Å². The zero-order chi connectivity index (χ0) is 9.90. The molecule has 1 atom stereocenters. The molecule has 0 aromatic carbocycles. The minimum Gasteiger partial charge on any atom is -0.450 e. The monoisotopic (exact) mass is 203 g/mol. The average molecular weight is 203 g/mol. The summed E-state index contributed by atoms with van der Waals surface area (Å²) in [6, 6.07) is 1.65. The van der Waals surface area contributed by atoms with Gasteiger partial charge in [-0.2, -0.15) is 5.26 Å². The van der Waals surface area contributed by atoms with Crippen LogP contribution in [0.3, 0.4) is 0 Å². The maximum Gasteiger partial charge on any atom is 0.311 e. The highest BCUT2D eigenvalue weighted by atomic mass is 32.2. The molecule has 1 unspecified atom stereocenters. The standard InChI is InChI=1S/C7H9NO4S/c8-2-3-12-7(9)6-1-4-13(10,11)5-6/h6H,1,3-5H2. The van der Waals surface area contributed by atoms with E-state index in [1.807, 2.05) is 0 Å². The summed E-state index contributed by atoms with van der Waals surface area (Å²) in [5.74, 6) is -1.25. The van der Waals surface area contributed by atoms with Crippen molar-refractivity contribution in [3.8, 4) is 6.07 Å². The third-order valence-electron chi connectivity index (χ3n) is 1.84. The van der Waals surface area contributed by atoms with Crippen molar-refractivity contribution < 1.29 is 17.9 Å². The Hall–Kier alpha value is -1.09. The minimum absolute atomic E-state index is 0.0410. The molecular weight excluding hydrogens is 194 g/mol. The number of sulfone groups is 1. The Morgan fingerprint density at radius 1 is 1.62 bits per heavy atom. The lowest BCUT2D eigenvalue weighted by Gasteiger charge is -2.04. The van der Waals surface area contributed by atoms with Gasteiger partial charge in [-0.25, -0.2) is 8.42 Å². The molecule has 0 aromatic rings. The van der Waals surface area contributed by atoms with E-state index in [1.165, 1.54) is 0 Å². The van der Waals surface area contributed by atoms with Gasteiger partial charge in [-0.1, -0.05) is 0 Å². The number of nitriles is 1. The maximum absolute atomic E-state index is 11.1. The molecule has 1 fully saturated rings. The first-order chi connectivity index (χ1) is 6.05. The van der Waals surface area contributed by atoms with Gasteiger partial charge in [-0.15, -0.1) is 0 Å². The largest absolute Gasteiger partial charge is 0.450 e. The van der Waals surface area contributed by atoms with Crippen LogP contribution in [0.25, 0.3) is 0 Å². The van der Waals surface area contributed by atoms with Gasteiger partial charge in [0.2, 0.25) is 0 Å². The van der Waals surface area contributed by atoms with Crippen molar-refractivity contribution in [2.24, 2.45) is 5.92 Å². The molecule has 0 bridgehead atoms. The summed E-state index contributed by atoms with van der Waals surface area (Å²) < 4.78 is 26.4. The molecule has 1 heterocycles. The lowest BCUT2D eigenvalue weighted by Crippen LogP contribution is -2.19. The maximum atomic E-state index is 11.1. The van der Waals surface area contributed by atoms with Crippen LogP contribution >= 0.6 is 0 Å². The smallest absolute Gasteiger partial charge is 0.311 e. The summed E-state index contributed by atoms with van der Waals surface area (Å²) in [5.41, 5.74) is 0. The van der Waals surface area contributed by atoms with E-state index in [0.29, 0.717) is 6.42 Å². The predicted octanol–water partition coefficient (Wildman–Crippen LogP) is -0.512. The lowest BCUT2D eigenvalue weighted by atomic mass is 10.1. The van der Waals surface area contributed by atoms with Gasteiger partial charge in [0.05, 0.1) is 17.4 Å². The average Bonchev–Trinajstić information content (AvgIpc) is 2.42. The molecule has 6 heteroatoms. The van der Waals surface area contributed by atoms with Crippen LogP contribution in [-0.2, 0) is 19.4 Å². The Morgan fingerprint density at radius 3 is 2.77 bits per heavy atom. The van der Waals surface area contributed by atoms with Crippen LogP contribution in [0.2, 0.25) is 0 Å². The van der Waals surface area contributed by atoms with E-state index in [1.54, 1.807) is 6.07 Å². The zero-order valence-corrected chi connectivity index (χ0v) is 7.71. The number of nitrogens with zero attached hydrogens (tertiary/aromatic N) is 1. The Balaban J connectivity index is 2.48. The molecule has 1 saturated heterocycles. The molecule has 0 amide bonds. The molecule has 0 saturated carbocycles. The first-order valence-electron chi connectivity index (χ1n) is 3.79. The van der Waals surface area contributed by atoms with Crippen molar-refractivity contribution in [3.63, 3.8) is 0 Å². The second-order valence-electron chi connectivity index (χ2n) is 2.87. The summed E-state index contributed by atoms with van der Waals surface area (Å²) in [6.45, 7) is -0.310. The fraction of sp³-hybridized carbons (Fsp3) is 0.714. The van der Waals surface area contributed by atoms with E-state index in [9.17, 15) is 13.2 Å². The zero-order valence-electron chi connectivity index (χ0n) is 6.89. The summed E-state index contributed by atoms with van der Waals surface area (Å²) in [5, 5.41) is 8.12. The van der Waals surface area contributed by atoms with E-state index in [0.717, 1.165) is 0 Å². The number of carbonyl (C=O) groups is 1. The van der Waals surface area contributed by atoms with Crippen molar-refractivity contribution >= 4 is 15.8 Å². The quantitative estimate of drug-likeness (QED) is 0.564. The third kappa shape index (κ3) is 2.70. The fourth-order valence-corrected chi connectivity index (χ4v) is 2.93. The van der Waals surface area contributed by atoms with Crippen LogP contribution in [0.5, 0.6) is 0 Å². The van der Waals surface area contributed by atoms with Gasteiger partial charge < -0.3 is 4.74 Å². The van der Waals surface area contributed by atoms with Crippen LogP contribution in [0, 0.1) is 17.2 Å². The topological polar surface area (TPSA) is 84.2 Å². The third-order valence-corrected chi connectivity index (χ3v) is 3.61. The number of hydrogen-bond donors (Lipinski definition) is 0. The highest BCUT2D eigenvalue weighted by Gasteiger charge is 2.33. The minimum atomic E-state index is -3.05. The summed E-state index contributed by atoms with van der Waals surface area (Å²) >= 11 is 0. The Morgan fingerprint density at radius 2 is 2.31 bits per heavy atom. The van der Waals surface area contributed by atoms with Gasteiger partial charge in [0, 0.05) is 0 Å². The van der Waals surface area contributed by atoms with Gasteiger partial charge >= 0.3 is 5.97 Å². The Kier molecular flexibility index (Phi) is 2.88. The Bertz CT molecular complexity index is 340. The first kappa shape index (κ1) is 9.99. The summed E-state index contributed by atoms with van der Waals surface area (Å²) in [6.07, 6.45) is 0.312. The van der Waals surface area contributed by atoms with E-state index in [2.05, 4.69) is 4.74 Å². The number of esters is 1. The van der Waals surface area contributed by atoms with Crippen LogP contribution in [0.1, 0.15) is 6.42 Å². The van der Waals surface area contributed by atoms with Crippen LogP contribution in [0.15, 0.2) is 0 Å². The number of ether oxygens (including phenoxy) is 1. The molecule has 5 nitrogen and oxygen atoms in total. The summed E-state index contributed by atoms with van der Waals surface area (Å²) in [7, 11) is -3.05. The highest BCUT2D eigenvalue weighted by molar-refractivity contribution is 7.91. The summed E-state index contributed by atoms with van der Waals surface area (Å²) in [4.78, 5) is 11.1. The Labute approximate surface area is 76.2 Å². The predicted molar refractivity (Wildman–Crippen MR) is 43.3 cm³/mol. The van der Waals surface area contributed by atoms with Gasteiger partial charge in [-0.3, -0.25) is 4.79 Å². The molecule has 1 aliphatic heterocycles.